The van der Waals surface area contributed by atoms with E-state index in [1.807, 2.05) is 0 Å². The van der Waals surface area contributed by atoms with Gasteiger partial charge in [0.15, 0.2) is 0 Å². The molecule has 142 valence electrons. The molecule has 0 spiro atoms. The van der Waals surface area contributed by atoms with Crippen LogP contribution in [0.4, 0.5) is 24.5 Å². The number of nitro benzene ring substituents is 1. The maximum absolute atomic E-state index is 13.0. The standard InChI is InChI=1S/C17H12ClF3N2O4/c18-16(19)17(20,21)27-14-7-5-12(6-8-14)22-15(24)9-4-11-2-1-3-13(10-11)23(25)26/h1-10,16H,(H,22,24)/b9-4+. The van der Waals surface area contributed by atoms with Gasteiger partial charge in [0.2, 0.25) is 5.91 Å². The summed E-state index contributed by atoms with van der Waals surface area (Å²) in [4.78, 5) is 22.0. The van der Waals surface area contributed by atoms with Gasteiger partial charge in [-0.3, -0.25) is 14.9 Å². The molecule has 2 aromatic carbocycles. The zero-order chi connectivity index (χ0) is 20.0. The van der Waals surface area contributed by atoms with Crippen LogP contribution in [0.5, 0.6) is 5.75 Å². The summed E-state index contributed by atoms with van der Waals surface area (Å²) in [5.41, 5.74) is -2.40. The van der Waals surface area contributed by atoms with Gasteiger partial charge >= 0.3 is 6.11 Å². The number of nitrogens with one attached hydrogen (secondary N) is 1. The Morgan fingerprint density at radius 2 is 1.93 bits per heavy atom. The van der Waals surface area contributed by atoms with Crippen LogP contribution in [-0.4, -0.2) is 22.6 Å². The van der Waals surface area contributed by atoms with Crippen molar-refractivity contribution in [1.82, 2.24) is 0 Å². The zero-order valence-corrected chi connectivity index (χ0v) is 14.2. The minimum absolute atomic E-state index is 0.114. The van der Waals surface area contributed by atoms with Crippen LogP contribution in [0.2, 0.25) is 0 Å². The number of hydrogen-bond acceptors (Lipinski definition) is 4. The first-order valence-corrected chi connectivity index (χ1v) is 7.79. The number of carbonyl (C=O) groups excluding carboxylic acids is 1. The minimum atomic E-state index is -4.19. The van der Waals surface area contributed by atoms with Gasteiger partial charge in [-0.1, -0.05) is 23.7 Å². The Morgan fingerprint density at radius 1 is 1.26 bits per heavy atom. The van der Waals surface area contributed by atoms with Crippen molar-refractivity contribution < 1.29 is 27.6 Å². The van der Waals surface area contributed by atoms with E-state index in [1.165, 1.54) is 36.4 Å². The molecular weight excluding hydrogens is 389 g/mol. The van der Waals surface area contributed by atoms with Gasteiger partial charge in [0.25, 0.3) is 11.3 Å². The van der Waals surface area contributed by atoms with Crippen molar-refractivity contribution in [1.29, 1.82) is 0 Å². The highest BCUT2D eigenvalue weighted by molar-refractivity contribution is 6.20. The minimum Gasteiger partial charge on any atom is -0.429 e. The summed E-state index contributed by atoms with van der Waals surface area (Å²) in [6, 6.07) is 10.4. The predicted octanol–water partition coefficient (Wildman–Crippen LogP) is 4.75. The fourth-order valence-electron chi connectivity index (χ4n) is 1.91. The van der Waals surface area contributed by atoms with Gasteiger partial charge in [-0.05, 0) is 35.9 Å². The maximum atomic E-state index is 13.0. The lowest BCUT2D eigenvalue weighted by Gasteiger charge is -2.17. The molecule has 0 fully saturated rings. The number of nitro groups is 1. The summed E-state index contributed by atoms with van der Waals surface area (Å²) in [5.74, 6) is -0.890. The van der Waals surface area contributed by atoms with Crippen molar-refractivity contribution in [3.63, 3.8) is 0 Å². The van der Waals surface area contributed by atoms with Crippen LogP contribution in [-0.2, 0) is 4.79 Å². The van der Waals surface area contributed by atoms with E-state index in [4.69, 9.17) is 0 Å². The summed E-state index contributed by atoms with van der Waals surface area (Å²) < 4.78 is 42.7. The third kappa shape index (κ3) is 6.00. The number of non-ortho nitro benzene ring substituents is 1. The molecular formula is C17H12ClF3N2O4. The SMILES string of the molecule is O=C(/C=C/c1cccc([N+](=O)[O-])c1)Nc1ccc(OC(F)(F)C(F)Cl)cc1. The van der Waals surface area contributed by atoms with Crippen LogP contribution in [0, 0.1) is 10.1 Å². The fraction of sp³-hybridized carbons (Fsp3) is 0.118. The highest BCUT2D eigenvalue weighted by atomic mass is 35.5. The Morgan fingerprint density at radius 3 is 2.52 bits per heavy atom. The molecule has 1 N–H and O–H groups in total. The average molecular weight is 401 g/mol. The number of amides is 1. The van der Waals surface area contributed by atoms with Crippen molar-refractivity contribution in [3.8, 4) is 5.75 Å². The van der Waals surface area contributed by atoms with Gasteiger partial charge in [0, 0.05) is 23.9 Å². The van der Waals surface area contributed by atoms with E-state index in [2.05, 4.69) is 21.7 Å². The number of hydrogen-bond donors (Lipinski definition) is 1. The summed E-state index contributed by atoms with van der Waals surface area (Å²) in [7, 11) is 0. The van der Waals surface area contributed by atoms with Crippen LogP contribution in [0.1, 0.15) is 5.56 Å². The number of carbonyl (C=O) groups is 1. The molecule has 2 rings (SSSR count). The first-order chi connectivity index (χ1) is 12.7. The number of benzene rings is 2. The molecule has 0 aliphatic rings. The van der Waals surface area contributed by atoms with Gasteiger partial charge < -0.3 is 10.1 Å². The second-order valence-electron chi connectivity index (χ2n) is 5.16. The summed E-state index contributed by atoms with van der Waals surface area (Å²) in [5, 5.41) is 13.2. The summed E-state index contributed by atoms with van der Waals surface area (Å²) >= 11 is 4.69. The average Bonchev–Trinajstić information content (AvgIpc) is 2.61. The van der Waals surface area contributed by atoms with E-state index < -0.39 is 22.6 Å². The highest BCUT2D eigenvalue weighted by Gasteiger charge is 2.42. The highest BCUT2D eigenvalue weighted by Crippen LogP contribution is 2.29. The van der Waals surface area contributed by atoms with Crippen LogP contribution >= 0.6 is 11.6 Å². The molecule has 0 radical (unpaired) electrons. The third-order valence-electron chi connectivity index (χ3n) is 3.14. The van der Waals surface area contributed by atoms with Gasteiger partial charge in [0.05, 0.1) is 4.92 Å². The number of halogens is 4. The molecule has 0 aliphatic carbocycles. The smallest absolute Gasteiger partial charge is 0.429 e. The lowest BCUT2D eigenvalue weighted by atomic mass is 10.2. The van der Waals surface area contributed by atoms with E-state index in [0.717, 1.165) is 18.2 Å². The van der Waals surface area contributed by atoms with Gasteiger partial charge in [-0.2, -0.15) is 8.78 Å². The molecule has 0 saturated heterocycles. The Labute approximate surface area is 156 Å². The van der Waals surface area contributed by atoms with Crippen molar-refractivity contribution >= 4 is 35.0 Å². The number of rotatable bonds is 7. The first kappa shape index (κ1) is 20.2. The Bertz CT molecular complexity index is 858. The molecule has 10 heteroatoms. The molecule has 0 saturated carbocycles. The molecule has 2 aromatic rings. The molecule has 1 atom stereocenters. The van der Waals surface area contributed by atoms with Crippen molar-refractivity contribution in [2.24, 2.45) is 0 Å². The lowest BCUT2D eigenvalue weighted by molar-refractivity contribution is -0.384. The molecule has 0 aliphatic heterocycles. The van der Waals surface area contributed by atoms with Crippen LogP contribution in [0.3, 0.4) is 0 Å². The van der Waals surface area contributed by atoms with E-state index >= 15 is 0 Å². The monoisotopic (exact) mass is 400 g/mol. The van der Waals surface area contributed by atoms with E-state index in [0.29, 0.717) is 5.56 Å². The Kier molecular flexibility index (Phi) is 6.40. The lowest BCUT2D eigenvalue weighted by Crippen LogP contribution is -2.32. The molecule has 0 aromatic heterocycles. The number of ether oxygens (including phenoxy) is 1. The van der Waals surface area contributed by atoms with Crippen LogP contribution < -0.4 is 10.1 Å². The Balaban J connectivity index is 1.98. The van der Waals surface area contributed by atoms with Crippen molar-refractivity contribution in [2.75, 3.05) is 5.32 Å². The first-order valence-electron chi connectivity index (χ1n) is 7.36. The van der Waals surface area contributed by atoms with Crippen LogP contribution in [0.25, 0.3) is 6.08 Å². The van der Waals surface area contributed by atoms with Gasteiger partial charge in [0.1, 0.15) is 5.75 Å². The normalized spacial score (nSPS) is 12.6. The predicted molar refractivity (Wildman–Crippen MR) is 93.5 cm³/mol. The van der Waals surface area contributed by atoms with E-state index in [9.17, 15) is 28.1 Å². The largest absolute Gasteiger partial charge is 0.444 e. The van der Waals surface area contributed by atoms with E-state index in [1.54, 1.807) is 6.07 Å². The molecule has 6 nitrogen and oxygen atoms in total. The zero-order valence-electron chi connectivity index (χ0n) is 13.4. The Hall–Kier alpha value is -3.07. The molecule has 27 heavy (non-hydrogen) atoms. The number of alkyl halides is 4. The third-order valence-corrected chi connectivity index (χ3v) is 3.39. The summed E-state index contributed by atoms with van der Waals surface area (Å²) in [6.45, 7) is 0. The quantitative estimate of drug-likeness (QED) is 0.314. The second kappa shape index (κ2) is 8.54. The fourth-order valence-corrected chi connectivity index (χ4v) is 1.95. The topological polar surface area (TPSA) is 81.5 Å². The number of nitrogens with zero attached hydrogens (tertiary/aromatic N) is 1. The van der Waals surface area contributed by atoms with Crippen LogP contribution in [0.15, 0.2) is 54.6 Å². The van der Waals surface area contributed by atoms with E-state index in [-0.39, 0.29) is 17.1 Å². The van der Waals surface area contributed by atoms with Crippen molar-refractivity contribution in [3.05, 3.63) is 70.3 Å². The molecule has 1 unspecified atom stereocenters. The molecule has 0 bridgehead atoms. The van der Waals surface area contributed by atoms with Gasteiger partial charge in [-0.25, -0.2) is 4.39 Å². The second-order valence-corrected chi connectivity index (χ2v) is 5.55. The molecule has 1 amide bonds. The molecule has 0 heterocycles. The number of anilines is 1. The summed E-state index contributed by atoms with van der Waals surface area (Å²) in [6.07, 6.45) is -1.66. The maximum Gasteiger partial charge on any atom is 0.444 e. The van der Waals surface area contributed by atoms with Crippen molar-refractivity contribution in [2.45, 2.75) is 11.7 Å². The van der Waals surface area contributed by atoms with Gasteiger partial charge in [-0.15, -0.1) is 0 Å².